The van der Waals surface area contributed by atoms with Crippen molar-refractivity contribution in [3.8, 4) is 0 Å². The van der Waals surface area contributed by atoms with Crippen molar-refractivity contribution < 1.29 is 14.3 Å². The Bertz CT molecular complexity index is 150. The van der Waals surface area contributed by atoms with Gasteiger partial charge in [-0.05, 0) is 6.92 Å². The van der Waals surface area contributed by atoms with Gasteiger partial charge in [0.15, 0.2) is 0 Å². The molecule has 0 fully saturated rings. The first-order valence-electron chi connectivity index (χ1n) is 2.20. The zero-order valence-electron chi connectivity index (χ0n) is 4.83. The van der Waals surface area contributed by atoms with Crippen LogP contribution in [-0.4, -0.2) is 18.4 Å². The minimum atomic E-state index is -0.957. The summed E-state index contributed by atoms with van der Waals surface area (Å²) in [5, 5.41) is 0. The zero-order valence-corrected chi connectivity index (χ0v) is 4.83. The van der Waals surface area contributed by atoms with E-state index in [0.29, 0.717) is 0 Å². The molecule has 0 bridgehead atoms. The lowest BCUT2D eigenvalue weighted by Gasteiger charge is -2.00. The van der Waals surface area contributed by atoms with Crippen molar-refractivity contribution in [1.82, 2.24) is 0 Å². The van der Waals surface area contributed by atoms with Crippen LogP contribution in [0.1, 0.15) is 6.92 Å². The molecule has 0 rings (SSSR count). The number of isocyanates is 1. The van der Waals surface area contributed by atoms with Gasteiger partial charge in [-0.15, -0.1) is 0 Å². The monoisotopic (exact) mass is 130 g/mol. The molecule has 50 valence electrons. The van der Waals surface area contributed by atoms with Crippen LogP contribution in [0.5, 0.6) is 0 Å². The average Bonchev–Trinajstić information content (AvgIpc) is 1.63. The SMILES string of the molecule is CC(N=C=O)OC(N)=O. The lowest BCUT2D eigenvalue weighted by molar-refractivity contribution is 0.121. The van der Waals surface area contributed by atoms with Crippen molar-refractivity contribution in [3.63, 3.8) is 0 Å². The van der Waals surface area contributed by atoms with Crippen LogP contribution in [0.4, 0.5) is 4.79 Å². The Morgan fingerprint density at radius 1 is 1.89 bits per heavy atom. The number of ether oxygens (including phenoxy) is 1. The predicted molar refractivity (Wildman–Crippen MR) is 28.3 cm³/mol. The number of nitrogens with zero attached hydrogens (tertiary/aromatic N) is 1. The van der Waals surface area contributed by atoms with Crippen molar-refractivity contribution in [2.75, 3.05) is 0 Å². The minimum Gasteiger partial charge on any atom is -0.423 e. The van der Waals surface area contributed by atoms with Gasteiger partial charge in [-0.1, -0.05) is 0 Å². The first kappa shape index (κ1) is 7.65. The van der Waals surface area contributed by atoms with E-state index in [4.69, 9.17) is 0 Å². The highest BCUT2D eigenvalue weighted by Gasteiger charge is 2.00. The number of primary amides is 1. The summed E-state index contributed by atoms with van der Waals surface area (Å²) in [6.45, 7) is 1.40. The molecule has 1 unspecified atom stereocenters. The summed E-state index contributed by atoms with van der Waals surface area (Å²) in [5.74, 6) is 0. The minimum absolute atomic E-state index is 0.833. The molecular formula is C4H6N2O3. The standard InChI is InChI=1S/C4H6N2O3/c1-3(6-2-7)9-4(5)8/h3H,1H3,(H2,5,8). The van der Waals surface area contributed by atoms with Gasteiger partial charge in [0.2, 0.25) is 12.3 Å². The zero-order chi connectivity index (χ0) is 7.28. The summed E-state index contributed by atoms with van der Waals surface area (Å²) >= 11 is 0. The van der Waals surface area contributed by atoms with Crippen molar-refractivity contribution in [2.45, 2.75) is 13.2 Å². The molecule has 1 atom stereocenters. The summed E-state index contributed by atoms with van der Waals surface area (Å²) < 4.78 is 4.20. The second-order valence-corrected chi connectivity index (χ2v) is 1.26. The second-order valence-electron chi connectivity index (χ2n) is 1.26. The maximum absolute atomic E-state index is 9.89. The molecule has 2 N–H and O–H groups in total. The van der Waals surface area contributed by atoms with Crippen LogP contribution in [0, 0.1) is 0 Å². The van der Waals surface area contributed by atoms with Crippen LogP contribution in [0.15, 0.2) is 4.99 Å². The summed E-state index contributed by atoms with van der Waals surface area (Å²) in [4.78, 5) is 22.4. The number of hydrogen-bond acceptors (Lipinski definition) is 4. The summed E-state index contributed by atoms with van der Waals surface area (Å²) in [5.41, 5.74) is 4.57. The molecule has 0 aromatic rings. The molecule has 0 saturated carbocycles. The topological polar surface area (TPSA) is 81.8 Å². The van der Waals surface area contributed by atoms with E-state index in [-0.39, 0.29) is 0 Å². The fourth-order valence-corrected chi connectivity index (χ4v) is 0.269. The van der Waals surface area contributed by atoms with E-state index in [1.807, 2.05) is 0 Å². The summed E-state index contributed by atoms with van der Waals surface area (Å²) in [7, 11) is 0. The van der Waals surface area contributed by atoms with E-state index in [1.54, 1.807) is 0 Å². The molecule has 0 heterocycles. The van der Waals surface area contributed by atoms with Gasteiger partial charge >= 0.3 is 6.09 Å². The predicted octanol–water partition coefficient (Wildman–Crippen LogP) is -0.236. The van der Waals surface area contributed by atoms with Crippen LogP contribution in [0.3, 0.4) is 0 Å². The van der Waals surface area contributed by atoms with Crippen molar-refractivity contribution in [2.24, 2.45) is 10.7 Å². The first-order chi connectivity index (χ1) is 4.16. The van der Waals surface area contributed by atoms with E-state index >= 15 is 0 Å². The van der Waals surface area contributed by atoms with Gasteiger partial charge in [0.05, 0.1) is 0 Å². The van der Waals surface area contributed by atoms with Gasteiger partial charge < -0.3 is 10.5 Å². The van der Waals surface area contributed by atoms with Crippen LogP contribution in [0.25, 0.3) is 0 Å². The van der Waals surface area contributed by atoms with Gasteiger partial charge in [0.25, 0.3) is 0 Å². The van der Waals surface area contributed by atoms with Gasteiger partial charge in [0.1, 0.15) is 0 Å². The number of hydrogen-bond donors (Lipinski definition) is 1. The van der Waals surface area contributed by atoms with Gasteiger partial charge in [-0.25, -0.2) is 9.59 Å². The number of rotatable bonds is 2. The number of carbonyl (C=O) groups excluding carboxylic acids is 2. The van der Waals surface area contributed by atoms with Crippen LogP contribution < -0.4 is 5.73 Å². The van der Waals surface area contributed by atoms with Gasteiger partial charge in [-0.3, -0.25) is 0 Å². The lowest BCUT2D eigenvalue weighted by atomic mass is 10.7. The molecule has 0 aliphatic heterocycles. The van der Waals surface area contributed by atoms with Crippen molar-refractivity contribution >= 4 is 12.2 Å². The number of nitrogens with two attached hydrogens (primary N) is 1. The molecular weight excluding hydrogens is 124 g/mol. The Morgan fingerprint density at radius 3 is 2.78 bits per heavy atom. The van der Waals surface area contributed by atoms with E-state index in [0.717, 1.165) is 0 Å². The first-order valence-corrected chi connectivity index (χ1v) is 2.20. The third kappa shape index (κ3) is 4.50. The van der Waals surface area contributed by atoms with E-state index in [2.05, 4.69) is 15.5 Å². The average molecular weight is 130 g/mol. The maximum Gasteiger partial charge on any atom is 0.406 e. The van der Waals surface area contributed by atoms with Crippen LogP contribution in [0.2, 0.25) is 0 Å². The van der Waals surface area contributed by atoms with Crippen LogP contribution in [-0.2, 0) is 9.53 Å². The molecule has 0 radical (unpaired) electrons. The Labute approximate surface area is 51.5 Å². The molecule has 0 aliphatic carbocycles. The Hall–Kier alpha value is -1.35. The Kier molecular flexibility index (Phi) is 3.08. The normalized spacial score (nSPS) is 11.2. The molecule has 0 spiro atoms. The fourth-order valence-electron chi connectivity index (χ4n) is 0.269. The molecule has 0 aromatic heterocycles. The number of carbonyl (C=O) groups is 1. The van der Waals surface area contributed by atoms with Crippen molar-refractivity contribution in [3.05, 3.63) is 0 Å². The highest BCUT2D eigenvalue weighted by atomic mass is 16.6. The summed E-state index contributed by atoms with van der Waals surface area (Å²) in [6.07, 6.45) is -0.575. The second kappa shape index (κ2) is 3.63. The molecule has 5 heteroatoms. The highest BCUT2D eigenvalue weighted by molar-refractivity contribution is 5.64. The molecule has 0 saturated heterocycles. The Morgan fingerprint density at radius 2 is 2.44 bits per heavy atom. The van der Waals surface area contributed by atoms with E-state index < -0.39 is 12.3 Å². The largest absolute Gasteiger partial charge is 0.423 e. The quantitative estimate of drug-likeness (QED) is 0.413. The van der Waals surface area contributed by atoms with Crippen molar-refractivity contribution in [1.29, 1.82) is 0 Å². The third-order valence-electron chi connectivity index (χ3n) is 0.521. The summed E-state index contributed by atoms with van der Waals surface area (Å²) in [6, 6.07) is 0. The maximum atomic E-state index is 9.89. The molecule has 1 amide bonds. The number of aliphatic imine (C=N–C) groups is 1. The van der Waals surface area contributed by atoms with Gasteiger partial charge in [-0.2, -0.15) is 4.99 Å². The number of amides is 1. The molecule has 0 aliphatic rings. The van der Waals surface area contributed by atoms with Gasteiger partial charge in [0, 0.05) is 0 Å². The molecule has 0 aromatic carbocycles. The lowest BCUT2D eigenvalue weighted by Crippen LogP contribution is -2.18. The smallest absolute Gasteiger partial charge is 0.406 e. The van der Waals surface area contributed by atoms with Crippen LogP contribution >= 0.6 is 0 Å². The molecule has 5 nitrogen and oxygen atoms in total. The Balaban J connectivity index is 3.62. The van der Waals surface area contributed by atoms with E-state index in [9.17, 15) is 9.59 Å². The van der Waals surface area contributed by atoms with E-state index in [1.165, 1.54) is 13.0 Å². The third-order valence-corrected chi connectivity index (χ3v) is 0.521. The highest BCUT2D eigenvalue weighted by Crippen LogP contribution is 1.88. The fraction of sp³-hybridized carbons (Fsp3) is 0.500. The molecule has 9 heavy (non-hydrogen) atoms.